The molecule has 0 aromatic carbocycles. The minimum absolute atomic E-state index is 0.0338. The maximum atomic E-state index is 13.1. The van der Waals surface area contributed by atoms with E-state index in [9.17, 15) is 24.0 Å². The summed E-state index contributed by atoms with van der Waals surface area (Å²) < 4.78 is 17.0. The van der Waals surface area contributed by atoms with Gasteiger partial charge >= 0.3 is 29.9 Å². The van der Waals surface area contributed by atoms with Gasteiger partial charge in [-0.15, -0.1) is 4.90 Å². The highest BCUT2D eigenvalue weighted by atomic mass is 16.6. The molecule has 0 saturated carbocycles. The van der Waals surface area contributed by atoms with Gasteiger partial charge in [-0.3, -0.25) is 14.7 Å². The standard InChI is InChI=1S/C25H36N6O9/c1-23(2,3)38-20(35)28-16-14-13-26-18(29-17(14)30(19(34)27-16)12-10-11-15(32)33)31(21(36)39-24(4,5)6)22(37)40-25(7,8)9/h13H,10-12H2,1-9H3,(H,32,33)(H,27,28,34,35). The van der Waals surface area contributed by atoms with Gasteiger partial charge in [-0.1, -0.05) is 0 Å². The number of anilines is 2. The van der Waals surface area contributed by atoms with Crippen LogP contribution in [0.2, 0.25) is 0 Å². The van der Waals surface area contributed by atoms with Crippen molar-refractivity contribution in [3.05, 3.63) is 16.7 Å². The van der Waals surface area contributed by atoms with Crippen molar-refractivity contribution in [1.82, 2.24) is 19.5 Å². The lowest BCUT2D eigenvalue weighted by Crippen LogP contribution is -2.44. The van der Waals surface area contributed by atoms with Crippen molar-refractivity contribution in [2.24, 2.45) is 0 Å². The highest BCUT2D eigenvalue weighted by Gasteiger charge is 2.35. The zero-order valence-corrected chi connectivity index (χ0v) is 24.1. The Morgan fingerprint density at radius 2 is 1.43 bits per heavy atom. The Morgan fingerprint density at radius 3 is 1.90 bits per heavy atom. The number of nitrogens with zero attached hydrogens (tertiary/aromatic N) is 5. The minimum atomic E-state index is -1.14. The zero-order valence-electron chi connectivity index (χ0n) is 24.1. The van der Waals surface area contributed by atoms with Crippen LogP contribution in [0.15, 0.2) is 11.0 Å². The molecule has 0 bridgehead atoms. The average Bonchev–Trinajstić information content (AvgIpc) is 2.71. The SMILES string of the molecule is CC(C)(C)OC(=O)Nc1nc(=O)n(CCCC(=O)O)c2nc(N(C(=O)OC(C)(C)C)C(=O)OC(C)(C)C)ncc12. The third-order valence-electron chi connectivity index (χ3n) is 4.45. The third-order valence-corrected chi connectivity index (χ3v) is 4.45. The summed E-state index contributed by atoms with van der Waals surface area (Å²) >= 11 is 0. The van der Waals surface area contributed by atoms with Crippen molar-refractivity contribution in [3.8, 4) is 0 Å². The van der Waals surface area contributed by atoms with Crippen LogP contribution in [0.25, 0.3) is 11.0 Å². The number of hydrogen-bond donors (Lipinski definition) is 2. The highest BCUT2D eigenvalue weighted by molar-refractivity contribution is 6.08. The number of aromatic nitrogens is 4. The van der Waals surface area contributed by atoms with Crippen molar-refractivity contribution in [1.29, 1.82) is 0 Å². The van der Waals surface area contributed by atoms with Crippen LogP contribution in [-0.4, -0.2) is 65.7 Å². The summed E-state index contributed by atoms with van der Waals surface area (Å²) in [6.45, 7) is 14.4. The smallest absolute Gasteiger partial charge is 0.427 e. The number of amides is 3. The van der Waals surface area contributed by atoms with Crippen molar-refractivity contribution >= 4 is 47.0 Å². The van der Waals surface area contributed by atoms with Crippen LogP contribution in [0.4, 0.5) is 26.1 Å². The number of imide groups is 1. The summed E-state index contributed by atoms with van der Waals surface area (Å²) in [7, 11) is 0. The number of aliphatic carboxylic acids is 1. The predicted octanol–water partition coefficient (Wildman–Crippen LogP) is 4.07. The first-order valence-corrected chi connectivity index (χ1v) is 12.4. The molecule has 0 spiro atoms. The first-order valence-electron chi connectivity index (χ1n) is 12.4. The second-order valence-electron chi connectivity index (χ2n) is 11.7. The highest BCUT2D eigenvalue weighted by Crippen LogP contribution is 2.24. The van der Waals surface area contributed by atoms with E-state index < -0.39 is 52.7 Å². The topological polar surface area (TPSA) is 192 Å². The van der Waals surface area contributed by atoms with Gasteiger partial charge in [0.2, 0.25) is 5.95 Å². The van der Waals surface area contributed by atoms with Crippen molar-refractivity contribution < 1.29 is 38.5 Å². The molecule has 2 aromatic heterocycles. The number of carboxylic acids is 1. The maximum Gasteiger partial charge on any atom is 0.427 e. The Hall–Kier alpha value is -4.30. The lowest BCUT2D eigenvalue weighted by atomic mass is 10.2. The Balaban J connectivity index is 2.73. The second-order valence-corrected chi connectivity index (χ2v) is 11.7. The van der Waals surface area contributed by atoms with Gasteiger partial charge in [0.15, 0.2) is 11.5 Å². The van der Waals surface area contributed by atoms with Gasteiger partial charge in [-0.2, -0.15) is 9.97 Å². The number of hydrogen-bond acceptors (Lipinski definition) is 11. The Morgan fingerprint density at radius 1 is 0.900 bits per heavy atom. The molecule has 0 aliphatic heterocycles. The minimum Gasteiger partial charge on any atom is -0.481 e. The number of carbonyl (C=O) groups is 4. The van der Waals surface area contributed by atoms with E-state index in [4.69, 9.17) is 19.3 Å². The van der Waals surface area contributed by atoms with E-state index in [2.05, 4.69) is 20.3 Å². The molecular weight excluding hydrogens is 528 g/mol. The van der Waals surface area contributed by atoms with Gasteiger partial charge < -0.3 is 19.3 Å². The van der Waals surface area contributed by atoms with Crippen LogP contribution in [-0.2, 0) is 25.5 Å². The number of aryl methyl sites for hydroxylation is 1. The molecule has 40 heavy (non-hydrogen) atoms. The van der Waals surface area contributed by atoms with E-state index in [0.717, 1.165) is 10.8 Å². The first-order chi connectivity index (χ1) is 18.2. The van der Waals surface area contributed by atoms with E-state index in [1.54, 1.807) is 62.3 Å². The predicted molar refractivity (Wildman–Crippen MR) is 143 cm³/mol. The monoisotopic (exact) mass is 564 g/mol. The van der Waals surface area contributed by atoms with E-state index in [1.807, 2.05) is 0 Å². The number of ether oxygens (including phenoxy) is 3. The van der Waals surface area contributed by atoms with Crippen LogP contribution >= 0.6 is 0 Å². The quantitative estimate of drug-likeness (QED) is 0.478. The second kappa shape index (κ2) is 11.8. The van der Waals surface area contributed by atoms with Gasteiger partial charge in [0, 0.05) is 19.2 Å². The van der Waals surface area contributed by atoms with Gasteiger partial charge in [-0.05, 0) is 68.7 Å². The number of carboxylic acid groups (broad SMARTS) is 1. The summed E-state index contributed by atoms with van der Waals surface area (Å²) in [5.74, 6) is -1.81. The molecule has 0 aliphatic rings. The Kier molecular flexibility index (Phi) is 9.44. The normalized spacial score (nSPS) is 12.0. The molecule has 2 aromatic rings. The fourth-order valence-corrected chi connectivity index (χ4v) is 3.09. The number of carbonyl (C=O) groups excluding carboxylic acids is 3. The van der Waals surface area contributed by atoms with Crippen LogP contribution in [0, 0.1) is 0 Å². The summed E-state index contributed by atoms with van der Waals surface area (Å²) in [5, 5.41) is 11.5. The van der Waals surface area contributed by atoms with Crippen LogP contribution < -0.4 is 15.9 Å². The molecule has 0 atom stereocenters. The molecule has 3 amide bonds. The number of fused-ring (bicyclic) bond motifs is 1. The molecule has 2 N–H and O–H groups in total. The third kappa shape index (κ3) is 9.47. The molecule has 0 radical (unpaired) electrons. The van der Waals surface area contributed by atoms with Crippen LogP contribution in [0.3, 0.4) is 0 Å². The van der Waals surface area contributed by atoms with Crippen LogP contribution in [0.5, 0.6) is 0 Å². The Labute approximate surface area is 230 Å². The zero-order chi connectivity index (χ0) is 30.6. The molecule has 0 aliphatic carbocycles. The van der Waals surface area contributed by atoms with E-state index in [1.165, 1.54) is 0 Å². The van der Waals surface area contributed by atoms with Gasteiger partial charge in [0.1, 0.15) is 16.8 Å². The molecule has 220 valence electrons. The molecule has 15 heteroatoms. The average molecular weight is 565 g/mol. The molecule has 2 heterocycles. The van der Waals surface area contributed by atoms with E-state index in [-0.39, 0.29) is 36.2 Å². The number of rotatable bonds is 6. The number of nitrogens with one attached hydrogen (secondary N) is 1. The summed E-state index contributed by atoms with van der Waals surface area (Å²) in [6.07, 6.45) is -2.26. The molecule has 15 nitrogen and oxygen atoms in total. The first kappa shape index (κ1) is 31.9. The molecule has 0 saturated heterocycles. The molecular formula is C25H36N6O9. The molecule has 0 unspecified atom stereocenters. The van der Waals surface area contributed by atoms with Gasteiger partial charge in [-0.25, -0.2) is 24.2 Å². The van der Waals surface area contributed by atoms with Gasteiger partial charge in [0.25, 0.3) is 0 Å². The summed E-state index contributed by atoms with van der Waals surface area (Å²) in [5.41, 5.74) is -3.87. The maximum absolute atomic E-state index is 13.1. The summed E-state index contributed by atoms with van der Waals surface area (Å²) in [4.78, 5) is 75.3. The molecule has 2 rings (SSSR count). The van der Waals surface area contributed by atoms with Crippen molar-refractivity contribution in [3.63, 3.8) is 0 Å². The Bertz CT molecular complexity index is 1320. The largest absolute Gasteiger partial charge is 0.481 e. The van der Waals surface area contributed by atoms with Crippen LogP contribution in [0.1, 0.15) is 75.2 Å². The van der Waals surface area contributed by atoms with Crippen molar-refractivity contribution in [2.75, 3.05) is 10.2 Å². The summed E-state index contributed by atoms with van der Waals surface area (Å²) in [6, 6.07) is 0. The van der Waals surface area contributed by atoms with E-state index >= 15 is 0 Å². The fraction of sp³-hybridized carbons (Fsp3) is 0.600. The van der Waals surface area contributed by atoms with Crippen molar-refractivity contribution in [2.45, 2.75) is 98.5 Å². The molecule has 0 fully saturated rings. The fourth-order valence-electron chi connectivity index (χ4n) is 3.09. The van der Waals surface area contributed by atoms with E-state index in [0.29, 0.717) is 4.90 Å². The lowest BCUT2D eigenvalue weighted by Gasteiger charge is -2.27. The van der Waals surface area contributed by atoms with Gasteiger partial charge in [0.05, 0.1) is 5.39 Å². The lowest BCUT2D eigenvalue weighted by molar-refractivity contribution is -0.137.